The lowest BCUT2D eigenvalue weighted by atomic mass is 9.93. The van der Waals surface area contributed by atoms with Gasteiger partial charge in [0.05, 0.1) is 28.2 Å². The highest BCUT2D eigenvalue weighted by atomic mass is 35.5. The molecule has 0 bridgehead atoms. The summed E-state index contributed by atoms with van der Waals surface area (Å²) in [4.78, 5) is 26.5. The molecule has 1 aliphatic rings. The number of urea groups is 1. The predicted molar refractivity (Wildman–Crippen MR) is 177 cm³/mol. The highest BCUT2D eigenvalue weighted by Crippen LogP contribution is 2.32. The molecule has 0 aromatic heterocycles. The lowest BCUT2D eigenvalue weighted by Crippen LogP contribution is -2.50. The van der Waals surface area contributed by atoms with Crippen LogP contribution < -0.4 is 25.8 Å². The van der Waals surface area contributed by atoms with Crippen molar-refractivity contribution in [3.63, 3.8) is 0 Å². The summed E-state index contributed by atoms with van der Waals surface area (Å²) in [6.07, 6.45) is 5.39. The summed E-state index contributed by atoms with van der Waals surface area (Å²) in [5, 5.41) is 5.51. The molecule has 3 aromatic rings. The van der Waals surface area contributed by atoms with Crippen LogP contribution in [0.1, 0.15) is 54.9 Å². The molecule has 0 aliphatic carbocycles. The zero-order chi connectivity index (χ0) is 32.7. The molecule has 1 saturated heterocycles. The van der Waals surface area contributed by atoms with Crippen LogP contribution in [-0.2, 0) is 16.6 Å². The highest BCUT2D eigenvalue weighted by molar-refractivity contribution is 7.92. The quantitative estimate of drug-likeness (QED) is 0.167. The van der Waals surface area contributed by atoms with Gasteiger partial charge >= 0.3 is 6.03 Å². The monoisotopic (exact) mass is 699 g/mol. The minimum atomic E-state index is -3.43. The Labute approximate surface area is 278 Å². The molecule has 2 atom stereocenters. The fourth-order valence-corrected chi connectivity index (χ4v) is 6.02. The van der Waals surface area contributed by atoms with Gasteiger partial charge in [0.2, 0.25) is 10.0 Å². The Kier molecular flexibility index (Phi) is 13.0. The molecule has 15 heteroatoms. The van der Waals surface area contributed by atoms with Gasteiger partial charge in [0.1, 0.15) is 23.1 Å². The van der Waals surface area contributed by atoms with Gasteiger partial charge in [-0.3, -0.25) is 14.4 Å². The van der Waals surface area contributed by atoms with E-state index in [1.807, 2.05) is 24.3 Å². The van der Waals surface area contributed by atoms with Crippen LogP contribution in [-0.4, -0.2) is 50.1 Å². The van der Waals surface area contributed by atoms with E-state index in [0.717, 1.165) is 43.7 Å². The third-order valence-corrected chi connectivity index (χ3v) is 8.31. The molecule has 0 spiro atoms. The Morgan fingerprint density at radius 1 is 1.09 bits per heavy atom. The fourth-order valence-electron chi connectivity index (χ4n) is 5.24. The van der Waals surface area contributed by atoms with Gasteiger partial charge in [0.25, 0.3) is 5.91 Å². The lowest BCUT2D eigenvalue weighted by molar-refractivity contribution is 0.0996. The van der Waals surface area contributed by atoms with Crippen molar-refractivity contribution in [2.45, 2.75) is 57.7 Å². The van der Waals surface area contributed by atoms with Gasteiger partial charge in [-0.05, 0) is 61.2 Å². The van der Waals surface area contributed by atoms with E-state index in [1.54, 1.807) is 12.1 Å². The topological polar surface area (TPSA) is 143 Å². The number of amides is 3. The van der Waals surface area contributed by atoms with Gasteiger partial charge in [-0.2, -0.15) is 0 Å². The van der Waals surface area contributed by atoms with E-state index in [2.05, 4.69) is 27.2 Å². The summed E-state index contributed by atoms with van der Waals surface area (Å²) in [5.41, 5.74) is 5.70. The third-order valence-electron chi connectivity index (χ3n) is 7.41. The number of carbonyl (C=O) groups excluding carboxylic acids is 2. The molecule has 3 amide bonds. The van der Waals surface area contributed by atoms with E-state index >= 15 is 0 Å². The minimum Gasteiger partial charge on any atom is -0.456 e. The Morgan fingerprint density at radius 2 is 1.80 bits per heavy atom. The number of anilines is 2. The molecule has 2 unspecified atom stereocenters. The second kappa shape index (κ2) is 16.3. The number of unbranched alkanes of at least 4 members (excludes halogenated alkanes) is 1. The average molecular weight is 701 g/mol. The number of carbonyl (C=O) groups is 2. The summed E-state index contributed by atoms with van der Waals surface area (Å²) in [7, 11) is -3.43. The van der Waals surface area contributed by atoms with E-state index in [0.29, 0.717) is 42.6 Å². The summed E-state index contributed by atoms with van der Waals surface area (Å²) in [6.45, 7) is 3.53. The largest absolute Gasteiger partial charge is 0.456 e. The Balaban J connectivity index is 0.00000576. The van der Waals surface area contributed by atoms with E-state index < -0.39 is 39.2 Å². The first-order valence-electron chi connectivity index (χ1n) is 14.5. The van der Waals surface area contributed by atoms with E-state index in [-0.39, 0.29) is 35.2 Å². The zero-order valence-electron chi connectivity index (χ0n) is 25.3. The van der Waals surface area contributed by atoms with Crippen molar-refractivity contribution < 1.29 is 31.5 Å². The van der Waals surface area contributed by atoms with Gasteiger partial charge in [0.15, 0.2) is 0 Å². The number of piperidine rings is 1. The van der Waals surface area contributed by atoms with Crippen molar-refractivity contribution in [1.29, 1.82) is 0 Å². The first kappa shape index (κ1) is 36.8. The lowest BCUT2D eigenvalue weighted by Gasteiger charge is -2.40. The first-order chi connectivity index (χ1) is 21.3. The number of hydrogen-bond donors (Lipinski definition) is 4. The second-order valence-corrected chi connectivity index (χ2v) is 13.2. The number of rotatable bonds is 12. The number of primary amides is 1. The highest BCUT2D eigenvalue weighted by Gasteiger charge is 2.29. The molecular weight excluding hydrogens is 663 g/mol. The maximum atomic E-state index is 14.2. The maximum Gasteiger partial charge on any atom is 0.319 e. The Hall–Kier alpha value is -3.65. The molecule has 1 heterocycles. The number of nitrogens with two attached hydrogens (primary N) is 1. The van der Waals surface area contributed by atoms with Crippen molar-refractivity contribution in [2.24, 2.45) is 5.73 Å². The smallest absolute Gasteiger partial charge is 0.319 e. The summed E-state index contributed by atoms with van der Waals surface area (Å²) in [6, 6.07) is 13.0. The number of hydrogen-bond acceptors (Lipinski definition) is 6. The van der Waals surface area contributed by atoms with Crippen LogP contribution in [0.25, 0.3) is 0 Å². The molecule has 250 valence electrons. The molecule has 0 radical (unpaired) electrons. The van der Waals surface area contributed by atoms with Crippen LogP contribution in [0, 0.1) is 11.6 Å². The van der Waals surface area contributed by atoms with Gasteiger partial charge in [-0.25, -0.2) is 22.0 Å². The van der Waals surface area contributed by atoms with Crippen molar-refractivity contribution in [3.05, 3.63) is 82.4 Å². The number of ether oxygens (including phenoxy) is 1. The number of likely N-dealkylation sites (tertiary alicyclic amines) is 1. The van der Waals surface area contributed by atoms with Crippen LogP contribution in [0.2, 0.25) is 5.02 Å². The standard InChI is InChI=1S/C31H36ClF2N5O5S.ClH/c1-3-4-5-22-14-20(36-31(41)37-28-16-24(30(35)40)26(33)17-27(28)34)12-13-39(22)18-19-6-9-23(10-7-19)44-29-11-8-21(15-25(29)32)38-45(2,42)43;/h6-11,15-17,20,22,38H,3-5,12-14,18H2,1-2H3,(H2,35,40)(H2,36,37,41);1H. The van der Waals surface area contributed by atoms with Crippen LogP contribution in [0.15, 0.2) is 54.6 Å². The molecule has 4 rings (SSSR count). The number of benzene rings is 3. The molecule has 46 heavy (non-hydrogen) atoms. The van der Waals surface area contributed by atoms with Crippen molar-refractivity contribution >= 4 is 57.3 Å². The van der Waals surface area contributed by atoms with Crippen LogP contribution >= 0.6 is 24.0 Å². The molecule has 1 aliphatic heterocycles. The van der Waals surface area contributed by atoms with Gasteiger partial charge in [-0.15, -0.1) is 12.4 Å². The van der Waals surface area contributed by atoms with Crippen LogP contribution in [0.3, 0.4) is 0 Å². The molecule has 3 aromatic carbocycles. The Bertz CT molecular complexity index is 1650. The number of sulfonamides is 1. The van der Waals surface area contributed by atoms with Gasteiger partial charge in [-0.1, -0.05) is 43.5 Å². The summed E-state index contributed by atoms with van der Waals surface area (Å²) in [5.74, 6) is -2.22. The minimum absolute atomic E-state index is 0. The van der Waals surface area contributed by atoms with Gasteiger partial charge in [0, 0.05) is 31.2 Å². The Morgan fingerprint density at radius 3 is 2.43 bits per heavy atom. The zero-order valence-corrected chi connectivity index (χ0v) is 27.7. The fraction of sp³-hybridized carbons (Fsp3) is 0.355. The third kappa shape index (κ3) is 10.4. The predicted octanol–water partition coefficient (Wildman–Crippen LogP) is 6.65. The maximum absolute atomic E-state index is 14.2. The SMILES string of the molecule is CCCCC1CC(NC(=O)Nc2cc(C(N)=O)c(F)cc2F)CCN1Cc1ccc(Oc2ccc(NS(C)(=O)=O)cc2Cl)cc1.Cl. The van der Waals surface area contributed by atoms with Crippen molar-refractivity contribution in [3.8, 4) is 11.5 Å². The molecule has 5 N–H and O–H groups in total. The van der Waals surface area contributed by atoms with E-state index in [1.165, 1.54) is 6.07 Å². The molecule has 0 saturated carbocycles. The number of nitrogens with one attached hydrogen (secondary N) is 3. The molecule has 10 nitrogen and oxygen atoms in total. The normalized spacial score (nSPS) is 16.6. The average Bonchev–Trinajstić information content (AvgIpc) is 2.96. The van der Waals surface area contributed by atoms with Crippen LogP contribution in [0.4, 0.5) is 25.0 Å². The summed E-state index contributed by atoms with van der Waals surface area (Å²) < 4.78 is 59.2. The summed E-state index contributed by atoms with van der Waals surface area (Å²) >= 11 is 6.30. The van der Waals surface area contributed by atoms with Gasteiger partial charge < -0.3 is 21.1 Å². The van der Waals surface area contributed by atoms with Crippen molar-refractivity contribution in [2.75, 3.05) is 22.8 Å². The van der Waals surface area contributed by atoms with Crippen molar-refractivity contribution in [1.82, 2.24) is 10.2 Å². The van der Waals surface area contributed by atoms with E-state index in [4.69, 9.17) is 22.1 Å². The van der Waals surface area contributed by atoms with E-state index in [9.17, 15) is 26.8 Å². The van der Waals surface area contributed by atoms with Crippen LogP contribution in [0.5, 0.6) is 11.5 Å². The number of nitrogens with zero attached hydrogens (tertiary/aromatic N) is 1. The molecular formula is C31H37Cl2F2N5O5S. The first-order valence-corrected chi connectivity index (χ1v) is 16.7. The molecule has 1 fully saturated rings. The number of halogens is 4. The second-order valence-electron chi connectivity index (χ2n) is 11.0.